The lowest BCUT2D eigenvalue weighted by molar-refractivity contribution is -0.144. The molecule has 0 aliphatic heterocycles. The molecule has 1 aliphatic carbocycles. The van der Waals surface area contributed by atoms with Gasteiger partial charge < -0.3 is 4.98 Å². The Morgan fingerprint density at radius 2 is 1.73 bits per heavy atom. The van der Waals surface area contributed by atoms with Crippen molar-refractivity contribution in [2.45, 2.75) is 23.9 Å². The van der Waals surface area contributed by atoms with Crippen molar-refractivity contribution in [3.63, 3.8) is 0 Å². The van der Waals surface area contributed by atoms with Crippen LogP contribution in [0.5, 0.6) is 0 Å². The molecule has 1 aliphatic rings. The van der Waals surface area contributed by atoms with Gasteiger partial charge in [0.25, 0.3) is 0 Å². The van der Waals surface area contributed by atoms with Gasteiger partial charge in [-0.3, -0.25) is 0 Å². The zero-order valence-electron chi connectivity index (χ0n) is 13.6. The molecular weight excluding hydrogens is 372 g/mol. The third-order valence-corrected chi connectivity index (χ3v) is 5.07. The first kappa shape index (κ1) is 18.4. The number of hydrogen-bond donors (Lipinski definition) is 1. The van der Waals surface area contributed by atoms with Crippen molar-refractivity contribution in [3.8, 4) is 11.3 Å². The Kier molecular flexibility index (Phi) is 4.51. The molecule has 1 aromatic heterocycles. The summed E-state index contributed by atoms with van der Waals surface area (Å²) < 4.78 is 75.5. The van der Waals surface area contributed by atoms with E-state index in [-0.39, 0.29) is 35.0 Å². The molecule has 0 amide bonds. The number of hydrogen-bond acceptors (Lipinski definition) is 3. The lowest BCUT2D eigenvalue weighted by Gasteiger charge is -2.10. The Hall–Kier alpha value is -2.42. The average molecular weight is 386 g/mol. The molecule has 1 aromatic carbocycles. The molecule has 0 unspecified atom stereocenters. The van der Waals surface area contributed by atoms with Gasteiger partial charge in [-0.15, -0.1) is 0 Å². The third kappa shape index (κ3) is 3.72. The van der Waals surface area contributed by atoms with Crippen molar-refractivity contribution in [2.24, 2.45) is 0 Å². The predicted molar refractivity (Wildman–Crippen MR) is 88.5 cm³/mol. The number of nitrogens with zero attached hydrogens (tertiary/aromatic N) is 1. The minimum Gasteiger partial charge on any atom is -0.334 e. The monoisotopic (exact) mass is 386 g/mol. The lowest BCUT2D eigenvalue weighted by Crippen LogP contribution is -2.07. The third-order valence-electron chi connectivity index (χ3n) is 3.95. The number of H-pyrrole nitrogens is 1. The number of aromatic amines is 1. The minimum atomic E-state index is -4.67. The smallest absolute Gasteiger partial charge is 0.334 e. The standard InChI is InChI=1S/C17H14F4N2O2S/c1-26(24,25)13-8-4-11(5-9-13)15-14(10-2-6-12(18)7-3-10)22-16(23-15)17(19,20)21/h2,4-6,8-9H,3,7H2,1H3,(H,22,23). The van der Waals surface area contributed by atoms with Crippen LogP contribution in [0.25, 0.3) is 16.8 Å². The van der Waals surface area contributed by atoms with E-state index < -0.39 is 21.8 Å². The van der Waals surface area contributed by atoms with Crippen LogP contribution in [0.15, 0.2) is 47.1 Å². The van der Waals surface area contributed by atoms with Crippen molar-refractivity contribution in [3.05, 3.63) is 53.8 Å². The number of allylic oxidation sites excluding steroid dienone is 4. The van der Waals surface area contributed by atoms with Gasteiger partial charge in [-0.1, -0.05) is 18.2 Å². The van der Waals surface area contributed by atoms with Crippen LogP contribution in [0.3, 0.4) is 0 Å². The molecule has 26 heavy (non-hydrogen) atoms. The number of alkyl halides is 3. The zero-order valence-corrected chi connectivity index (χ0v) is 14.4. The maximum atomic E-state index is 13.2. The highest BCUT2D eigenvalue weighted by Crippen LogP contribution is 2.37. The van der Waals surface area contributed by atoms with Crippen LogP contribution >= 0.6 is 0 Å². The van der Waals surface area contributed by atoms with Crippen molar-refractivity contribution >= 4 is 15.4 Å². The Labute approximate surface area is 147 Å². The van der Waals surface area contributed by atoms with Gasteiger partial charge in [-0.2, -0.15) is 13.2 Å². The average Bonchev–Trinajstić information content (AvgIpc) is 3.00. The maximum Gasteiger partial charge on any atom is 0.449 e. The molecule has 0 saturated carbocycles. The van der Waals surface area contributed by atoms with Gasteiger partial charge in [0.2, 0.25) is 5.82 Å². The van der Waals surface area contributed by atoms with Crippen molar-refractivity contribution < 1.29 is 26.0 Å². The van der Waals surface area contributed by atoms with Gasteiger partial charge in [0.05, 0.1) is 16.3 Å². The SMILES string of the molecule is CS(=O)(=O)c1ccc(-c2[nH]c(C(F)(F)F)nc2C2=CC=C(F)CC2)cc1. The first-order valence-corrected chi connectivity index (χ1v) is 9.48. The molecule has 1 heterocycles. The quantitative estimate of drug-likeness (QED) is 0.789. The second kappa shape index (κ2) is 6.39. The molecule has 4 nitrogen and oxygen atoms in total. The summed E-state index contributed by atoms with van der Waals surface area (Å²) in [4.78, 5) is 5.98. The second-order valence-electron chi connectivity index (χ2n) is 5.91. The minimum absolute atomic E-state index is 0.0558. The zero-order chi connectivity index (χ0) is 19.1. The highest BCUT2D eigenvalue weighted by Gasteiger charge is 2.36. The molecule has 0 atom stereocenters. The van der Waals surface area contributed by atoms with Crippen LogP contribution in [-0.2, 0) is 16.0 Å². The summed E-state index contributed by atoms with van der Waals surface area (Å²) in [6, 6.07) is 5.45. The van der Waals surface area contributed by atoms with Gasteiger partial charge in [0, 0.05) is 18.2 Å². The number of benzene rings is 1. The van der Waals surface area contributed by atoms with Crippen LogP contribution < -0.4 is 0 Å². The molecule has 2 aromatic rings. The fourth-order valence-electron chi connectivity index (χ4n) is 2.63. The van der Waals surface area contributed by atoms with E-state index in [0.29, 0.717) is 11.1 Å². The fourth-order valence-corrected chi connectivity index (χ4v) is 3.26. The predicted octanol–water partition coefficient (Wildman–Crippen LogP) is 4.53. The maximum absolute atomic E-state index is 13.2. The van der Waals surface area contributed by atoms with E-state index in [2.05, 4.69) is 9.97 Å². The molecule has 9 heteroatoms. The number of aromatic nitrogens is 2. The van der Waals surface area contributed by atoms with Crippen LogP contribution in [-0.4, -0.2) is 24.6 Å². The van der Waals surface area contributed by atoms with E-state index in [1.165, 1.54) is 36.4 Å². The molecule has 138 valence electrons. The molecule has 0 saturated heterocycles. The lowest BCUT2D eigenvalue weighted by atomic mass is 9.98. The van der Waals surface area contributed by atoms with E-state index in [0.717, 1.165) is 6.26 Å². The van der Waals surface area contributed by atoms with Crippen LogP contribution in [0.1, 0.15) is 24.4 Å². The first-order chi connectivity index (χ1) is 12.1. The van der Waals surface area contributed by atoms with Crippen LogP contribution in [0, 0.1) is 0 Å². The van der Waals surface area contributed by atoms with Crippen LogP contribution in [0.2, 0.25) is 0 Å². The Bertz CT molecular complexity index is 1000. The molecule has 3 rings (SSSR count). The summed E-state index contributed by atoms with van der Waals surface area (Å²) in [5.41, 5.74) is 1.01. The summed E-state index contributed by atoms with van der Waals surface area (Å²) in [7, 11) is -3.42. The van der Waals surface area contributed by atoms with Crippen LogP contribution in [0.4, 0.5) is 17.6 Å². The first-order valence-electron chi connectivity index (χ1n) is 7.59. The normalized spacial score (nSPS) is 15.6. The van der Waals surface area contributed by atoms with Gasteiger partial charge >= 0.3 is 6.18 Å². The number of imidazole rings is 1. The largest absolute Gasteiger partial charge is 0.449 e. The second-order valence-corrected chi connectivity index (χ2v) is 7.92. The number of sulfone groups is 1. The van der Waals surface area contributed by atoms with E-state index in [1.54, 1.807) is 0 Å². The van der Waals surface area contributed by atoms with E-state index >= 15 is 0 Å². The molecule has 1 N–H and O–H groups in total. The number of nitrogens with one attached hydrogen (secondary N) is 1. The van der Waals surface area contributed by atoms with Crippen molar-refractivity contribution in [1.82, 2.24) is 9.97 Å². The van der Waals surface area contributed by atoms with E-state index in [4.69, 9.17) is 0 Å². The van der Waals surface area contributed by atoms with E-state index in [1.807, 2.05) is 0 Å². The molecule has 0 bridgehead atoms. The Balaban J connectivity index is 2.12. The summed E-state index contributed by atoms with van der Waals surface area (Å²) >= 11 is 0. The molecule has 0 fully saturated rings. The summed E-state index contributed by atoms with van der Waals surface area (Å²) in [6.07, 6.45) is -0.707. The Morgan fingerprint density at radius 3 is 2.23 bits per heavy atom. The highest BCUT2D eigenvalue weighted by molar-refractivity contribution is 7.90. The summed E-state index contributed by atoms with van der Waals surface area (Å²) in [6.45, 7) is 0. The topological polar surface area (TPSA) is 62.8 Å². The van der Waals surface area contributed by atoms with Gasteiger partial charge in [0.15, 0.2) is 9.84 Å². The Morgan fingerprint density at radius 1 is 1.08 bits per heavy atom. The highest BCUT2D eigenvalue weighted by atomic mass is 32.2. The summed E-state index contributed by atoms with van der Waals surface area (Å²) in [5, 5.41) is 0. The van der Waals surface area contributed by atoms with Crippen molar-refractivity contribution in [2.75, 3.05) is 6.26 Å². The van der Waals surface area contributed by atoms with Gasteiger partial charge in [-0.25, -0.2) is 17.8 Å². The van der Waals surface area contributed by atoms with Crippen molar-refractivity contribution in [1.29, 1.82) is 0 Å². The van der Waals surface area contributed by atoms with Gasteiger partial charge in [0.1, 0.15) is 5.83 Å². The number of halogens is 4. The summed E-state index contributed by atoms with van der Waals surface area (Å²) in [5.74, 6) is -1.51. The van der Waals surface area contributed by atoms with E-state index in [9.17, 15) is 26.0 Å². The molecule has 0 radical (unpaired) electrons. The number of rotatable bonds is 3. The fraction of sp³-hybridized carbons (Fsp3) is 0.235. The molecular formula is C17H14F4N2O2S. The molecule has 0 spiro atoms. The van der Waals surface area contributed by atoms with Gasteiger partial charge in [-0.05, 0) is 30.2 Å².